The molecule has 0 aliphatic carbocycles. The van der Waals surface area contributed by atoms with Crippen molar-refractivity contribution in [2.45, 2.75) is 65.5 Å². The summed E-state index contributed by atoms with van der Waals surface area (Å²) in [4.78, 5) is 20.5. The van der Waals surface area contributed by atoms with Gasteiger partial charge in [-0.2, -0.15) is 0 Å². The van der Waals surface area contributed by atoms with E-state index < -0.39 is 17.2 Å². The number of carbonyl (C=O) groups is 1. The highest BCUT2D eigenvalue weighted by atomic mass is 127. The van der Waals surface area contributed by atoms with Crippen molar-refractivity contribution in [1.82, 2.24) is 20.9 Å². The van der Waals surface area contributed by atoms with Gasteiger partial charge in [-0.25, -0.2) is 4.79 Å². The molecule has 0 bridgehead atoms. The highest BCUT2D eigenvalue weighted by Gasteiger charge is 2.25. The highest BCUT2D eigenvalue weighted by Crippen LogP contribution is 2.22. The van der Waals surface area contributed by atoms with Crippen molar-refractivity contribution in [3.63, 3.8) is 0 Å². The average molecular weight is 519 g/mol. The van der Waals surface area contributed by atoms with E-state index in [0.717, 1.165) is 6.54 Å². The van der Waals surface area contributed by atoms with Crippen LogP contribution in [0.5, 0.6) is 0 Å². The summed E-state index contributed by atoms with van der Waals surface area (Å²) in [6, 6.07) is 4.06. The average Bonchev–Trinajstić information content (AvgIpc) is 2.56. The fourth-order valence-corrected chi connectivity index (χ4v) is 2.69. The number of pyridine rings is 1. The smallest absolute Gasteiger partial charge is 0.408 e. The lowest BCUT2D eigenvalue weighted by Gasteiger charge is -2.30. The lowest BCUT2D eigenvalue weighted by molar-refractivity contribution is 0.0474. The molecule has 1 amide bonds. The summed E-state index contributed by atoms with van der Waals surface area (Å²) in [5.74, 6) is 1.47. The summed E-state index contributed by atoms with van der Waals surface area (Å²) in [7, 11) is 1.73. The van der Waals surface area contributed by atoms with Gasteiger partial charge in [0.15, 0.2) is 5.96 Å². The third kappa shape index (κ3) is 11.3. The van der Waals surface area contributed by atoms with Gasteiger partial charge in [0.25, 0.3) is 0 Å². The molecule has 7 nitrogen and oxygen atoms in total. The molecule has 3 N–H and O–H groups in total. The van der Waals surface area contributed by atoms with E-state index >= 15 is 0 Å². The normalized spacial score (nSPS) is 13.3. The fraction of sp³-hybridized carbons (Fsp3) is 0.667. The molecule has 166 valence electrons. The van der Waals surface area contributed by atoms with Crippen LogP contribution in [0.15, 0.2) is 29.5 Å². The molecule has 29 heavy (non-hydrogen) atoms. The van der Waals surface area contributed by atoms with Crippen LogP contribution in [0.3, 0.4) is 0 Å². The second-order valence-corrected chi connectivity index (χ2v) is 8.95. The fourth-order valence-electron chi connectivity index (χ4n) is 2.69. The van der Waals surface area contributed by atoms with Crippen LogP contribution >= 0.6 is 24.0 Å². The van der Waals surface area contributed by atoms with Gasteiger partial charge in [0.1, 0.15) is 5.60 Å². The van der Waals surface area contributed by atoms with Crippen LogP contribution in [-0.2, 0) is 4.74 Å². The van der Waals surface area contributed by atoms with E-state index in [0.29, 0.717) is 24.3 Å². The van der Waals surface area contributed by atoms with Crippen molar-refractivity contribution in [2.24, 2.45) is 10.9 Å². The molecule has 0 radical (unpaired) electrons. The number of rotatable bonds is 7. The Morgan fingerprint density at radius 1 is 1.21 bits per heavy atom. The van der Waals surface area contributed by atoms with Crippen molar-refractivity contribution in [3.8, 4) is 0 Å². The number of ether oxygens (including phenoxy) is 1. The maximum absolute atomic E-state index is 12.0. The summed E-state index contributed by atoms with van der Waals surface area (Å²) in [6.45, 7) is 15.0. The molecule has 0 aliphatic heterocycles. The van der Waals surface area contributed by atoms with Crippen LogP contribution in [-0.4, -0.2) is 48.3 Å². The Morgan fingerprint density at radius 3 is 2.34 bits per heavy atom. The second-order valence-electron chi connectivity index (χ2n) is 8.95. The van der Waals surface area contributed by atoms with Crippen LogP contribution in [0.2, 0.25) is 0 Å². The van der Waals surface area contributed by atoms with Crippen LogP contribution in [0.4, 0.5) is 4.79 Å². The van der Waals surface area contributed by atoms with Crippen molar-refractivity contribution < 1.29 is 9.53 Å². The van der Waals surface area contributed by atoms with Gasteiger partial charge in [-0.15, -0.1) is 24.0 Å². The lowest BCUT2D eigenvalue weighted by atomic mass is 9.89. The van der Waals surface area contributed by atoms with Crippen molar-refractivity contribution in [3.05, 3.63) is 30.1 Å². The second kappa shape index (κ2) is 12.2. The Morgan fingerprint density at radius 2 is 1.86 bits per heavy atom. The quantitative estimate of drug-likeness (QED) is 0.289. The number of aliphatic imine (C=N–C) groups is 1. The molecule has 1 aromatic heterocycles. The first kappa shape index (κ1) is 27.4. The molecule has 0 aliphatic rings. The minimum atomic E-state index is -0.524. The topological polar surface area (TPSA) is 87.6 Å². The van der Waals surface area contributed by atoms with Gasteiger partial charge >= 0.3 is 6.09 Å². The number of nitrogens with zero attached hydrogens (tertiary/aromatic N) is 2. The van der Waals surface area contributed by atoms with Gasteiger partial charge in [0, 0.05) is 38.4 Å². The van der Waals surface area contributed by atoms with Crippen LogP contribution < -0.4 is 16.0 Å². The molecule has 1 heterocycles. The maximum Gasteiger partial charge on any atom is 0.408 e. The summed E-state index contributed by atoms with van der Waals surface area (Å²) >= 11 is 0. The molecule has 0 saturated carbocycles. The number of guanidine groups is 1. The number of hydrogen-bond donors (Lipinski definition) is 3. The molecule has 1 atom stereocenters. The van der Waals surface area contributed by atoms with Gasteiger partial charge in [0.05, 0.1) is 5.54 Å². The monoisotopic (exact) mass is 519 g/mol. The third-order valence-corrected chi connectivity index (χ3v) is 4.17. The van der Waals surface area contributed by atoms with E-state index in [4.69, 9.17) is 4.74 Å². The molecule has 1 aromatic rings. The zero-order valence-corrected chi connectivity index (χ0v) is 21.3. The number of alkyl carbamates (subject to hydrolysis) is 1. The Kier molecular flexibility index (Phi) is 11.5. The number of carbonyl (C=O) groups excluding carboxylic acids is 1. The number of hydrogen-bond acceptors (Lipinski definition) is 4. The molecule has 0 aromatic carbocycles. The molecular weight excluding hydrogens is 481 g/mol. The van der Waals surface area contributed by atoms with Crippen LogP contribution in [0, 0.1) is 5.92 Å². The van der Waals surface area contributed by atoms with E-state index in [1.807, 2.05) is 46.9 Å². The van der Waals surface area contributed by atoms with E-state index in [1.54, 1.807) is 13.2 Å². The van der Waals surface area contributed by atoms with E-state index in [-0.39, 0.29) is 24.0 Å². The standard InChI is InChI=1S/C21H37N5O2.HI/c1-15(2)17(16-10-9-11-23-12-16)13-24-18(22-8)25-14-21(6,7)26-19(27)28-20(3,4)5;/h9-12,15,17H,13-14H2,1-8H3,(H,26,27)(H2,22,24,25);1H. The van der Waals surface area contributed by atoms with Crippen molar-refractivity contribution in [2.75, 3.05) is 20.1 Å². The highest BCUT2D eigenvalue weighted by molar-refractivity contribution is 14.0. The first-order valence-electron chi connectivity index (χ1n) is 9.79. The van der Waals surface area contributed by atoms with E-state index in [2.05, 4.69) is 45.8 Å². The lowest BCUT2D eigenvalue weighted by Crippen LogP contribution is -2.54. The van der Waals surface area contributed by atoms with Gasteiger partial charge in [-0.05, 0) is 52.2 Å². The molecule has 1 rings (SSSR count). The molecule has 0 spiro atoms. The number of amides is 1. The Balaban J connectivity index is 0.00000784. The van der Waals surface area contributed by atoms with Gasteiger partial charge < -0.3 is 20.7 Å². The minimum Gasteiger partial charge on any atom is -0.444 e. The van der Waals surface area contributed by atoms with Gasteiger partial charge in [-0.3, -0.25) is 9.98 Å². The minimum absolute atomic E-state index is 0. The molecule has 0 fully saturated rings. The molecule has 0 saturated heterocycles. The Hall–Kier alpha value is -1.58. The zero-order valence-electron chi connectivity index (χ0n) is 19.0. The van der Waals surface area contributed by atoms with Crippen molar-refractivity contribution in [1.29, 1.82) is 0 Å². The van der Waals surface area contributed by atoms with Gasteiger partial charge in [0.2, 0.25) is 0 Å². The summed E-state index contributed by atoms with van der Waals surface area (Å²) < 4.78 is 5.33. The summed E-state index contributed by atoms with van der Waals surface area (Å²) in [5.41, 5.74) is 0.178. The number of halogens is 1. The van der Waals surface area contributed by atoms with E-state index in [9.17, 15) is 4.79 Å². The predicted molar refractivity (Wildman–Crippen MR) is 130 cm³/mol. The number of nitrogens with one attached hydrogen (secondary N) is 3. The molecular formula is C21H38IN5O2. The van der Waals surface area contributed by atoms with Crippen molar-refractivity contribution >= 4 is 36.0 Å². The zero-order chi connectivity index (χ0) is 21.4. The Bertz CT molecular complexity index is 642. The SMILES string of the molecule is CN=C(NCC(c1cccnc1)C(C)C)NCC(C)(C)NC(=O)OC(C)(C)C.I. The molecule has 1 unspecified atom stereocenters. The third-order valence-electron chi connectivity index (χ3n) is 4.17. The molecule has 8 heteroatoms. The summed E-state index contributed by atoms with van der Waals surface area (Å²) in [6.07, 6.45) is 3.27. The van der Waals surface area contributed by atoms with Crippen LogP contribution in [0.25, 0.3) is 0 Å². The number of aromatic nitrogens is 1. The van der Waals surface area contributed by atoms with Gasteiger partial charge in [-0.1, -0.05) is 19.9 Å². The largest absolute Gasteiger partial charge is 0.444 e. The van der Waals surface area contributed by atoms with Crippen LogP contribution in [0.1, 0.15) is 59.9 Å². The predicted octanol–water partition coefficient (Wildman–Crippen LogP) is 3.91. The first-order valence-corrected chi connectivity index (χ1v) is 9.79. The maximum atomic E-state index is 12.0. The Labute approximate surface area is 192 Å². The first-order chi connectivity index (χ1) is 12.9. The van der Waals surface area contributed by atoms with E-state index in [1.165, 1.54) is 5.56 Å². The summed E-state index contributed by atoms with van der Waals surface area (Å²) in [5, 5.41) is 9.54.